The molecule has 5 nitrogen and oxygen atoms in total. The molecule has 7 heteroatoms. The molecule has 0 radical (unpaired) electrons. The number of rotatable bonds is 9. The summed E-state index contributed by atoms with van der Waals surface area (Å²) in [5.74, 6) is 0.0566. The Balaban J connectivity index is 1.79. The standard InChI is InChI=1S/C25H26BrClN2O3/c1-3-14-28-25(31)17(2)29(15-19-9-5-7-11-21(19)27)23(30)16-32-22-13-12-18-8-4-6-10-20(18)24(22)26/h4-13,17H,3,14-16H2,1-2H3,(H,28,31). The van der Waals surface area contributed by atoms with E-state index in [9.17, 15) is 9.59 Å². The van der Waals surface area contributed by atoms with E-state index in [1.165, 1.54) is 4.90 Å². The van der Waals surface area contributed by atoms with E-state index in [-0.39, 0.29) is 25.0 Å². The topological polar surface area (TPSA) is 58.6 Å². The van der Waals surface area contributed by atoms with Crippen molar-refractivity contribution in [1.82, 2.24) is 10.2 Å². The van der Waals surface area contributed by atoms with Crippen molar-refractivity contribution in [2.24, 2.45) is 0 Å². The van der Waals surface area contributed by atoms with E-state index in [0.29, 0.717) is 17.3 Å². The third kappa shape index (κ3) is 5.81. The summed E-state index contributed by atoms with van der Waals surface area (Å²) >= 11 is 9.90. The molecule has 0 saturated carbocycles. The monoisotopic (exact) mass is 516 g/mol. The number of hydrogen-bond acceptors (Lipinski definition) is 3. The van der Waals surface area contributed by atoms with Gasteiger partial charge in [-0.2, -0.15) is 0 Å². The summed E-state index contributed by atoms with van der Waals surface area (Å²) < 4.78 is 6.65. The van der Waals surface area contributed by atoms with Gasteiger partial charge in [0.05, 0.1) is 4.47 Å². The quantitative estimate of drug-likeness (QED) is 0.403. The van der Waals surface area contributed by atoms with Crippen molar-refractivity contribution in [3.63, 3.8) is 0 Å². The van der Waals surface area contributed by atoms with E-state index in [0.717, 1.165) is 27.2 Å². The van der Waals surface area contributed by atoms with Gasteiger partial charge < -0.3 is 15.0 Å². The molecular formula is C25H26BrClN2O3. The first-order chi connectivity index (χ1) is 15.4. The summed E-state index contributed by atoms with van der Waals surface area (Å²) in [5, 5.41) is 5.47. The van der Waals surface area contributed by atoms with Gasteiger partial charge in [-0.15, -0.1) is 0 Å². The van der Waals surface area contributed by atoms with Crippen LogP contribution in [0.15, 0.2) is 65.1 Å². The molecule has 1 N–H and O–H groups in total. The minimum absolute atomic E-state index is 0.202. The lowest BCUT2D eigenvalue weighted by Crippen LogP contribution is -2.49. The molecule has 1 unspecified atom stereocenters. The van der Waals surface area contributed by atoms with Crippen LogP contribution in [-0.4, -0.2) is 35.9 Å². The fraction of sp³-hybridized carbons (Fsp3) is 0.280. The number of nitrogens with zero attached hydrogens (tertiary/aromatic N) is 1. The molecule has 3 rings (SSSR count). The molecule has 1 atom stereocenters. The van der Waals surface area contributed by atoms with E-state index in [2.05, 4.69) is 21.2 Å². The van der Waals surface area contributed by atoms with Gasteiger partial charge >= 0.3 is 0 Å². The van der Waals surface area contributed by atoms with Gasteiger partial charge in [-0.05, 0) is 57.7 Å². The minimum atomic E-state index is -0.672. The van der Waals surface area contributed by atoms with Crippen LogP contribution < -0.4 is 10.1 Å². The molecule has 32 heavy (non-hydrogen) atoms. The van der Waals surface area contributed by atoms with Gasteiger partial charge in [0.1, 0.15) is 11.8 Å². The fourth-order valence-corrected chi connectivity index (χ4v) is 4.14. The zero-order valence-electron chi connectivity index (χ0n) is 18.1. The van der Waals surface area contributed by atoms with Crippen molar-refractivity contribution >= 4 is 50.1 Å². The van der Waals surface area contributed by atoms with Crippen LogP contribution in [0.2, 0.25) is 5.02 Å². The van der Waals surface area contributed by atoms with Crippen molar-refractivity contribution in [3.8, 4) is 5.75 Å². The van der Waals surface area contributed by atoms with E-state index in [1.54, 1.807) is 13.0 Å². The molecule has 3 aromatic rings. The number of nitrogens with one attached hydrogen (secondary N) is 1. The minimum Gasteiger partial charge on any atom is -0.483 e. The third-order valence-electron chi connectivity index (χ3n) is 5.19. The SMILES string of the molecule is CCCNC(=O)C(C)N(Cc1ccccc1Cl)C(=O)COc1ccc2ccccc2c1Br. The van der Waals surface area contributed by atoms with Gasteiger partial charge in [0, 0.05) is 18.1 Å². The van der Waals surface area contributed by atoms with Crippen LogP contribution >= 0.6 is 27.5 Å². The van der Waals surface area contributed by atoms with Crippen LogP contribution in [-0.2, 0) is 16.1 Å². The Labute approximate surface area is 201 Å². The highest BCUT2D eigenvalue weighted by Gasteiger charge is 2.27. The van der Waals surface area contributed by atoms with Crippen molar-refractivity contribution in [2.45, 2.75) is 32.9 Å². The number of halogens is 2. The maximum atomic E-state index is 13.2. The first-order valence-electron chi connectivity index (χ1n) is 10.5. The second kappa shape index (κ2) is 11.3. The lowest BCUT2D eigenvalue weighted by molar-refractivity contribution is -0.142. The Bertz CT molecular complexity index is 1110. The number of fused-ring (bicyclic) bond motifs is 1. The summed E-state index contributed by atoms with van der Waals surface area (Å²) in [6.45, 7) is 4.25. The highest BCUT2D eigenvalue weighted by Crippen LogP contribution is 2.33. The Kier molecular flexibility index (Phi) is 8.53. The van der Waals surface area contributed by atoms with Crippen molar-refractivity contribution in [3.05, 3.63) is 75.7 Å². The number of ether oxygens (including phenoxy) is 1. The van der Waals surface area contributed by atoms with E-state index in [4.69, 9.17) is 16.3 Å². The molecule has 0 bridgehead atoms. The Morgan fingerprint density at radius 1 is 1.09 bits per heavy atom. The van der Waals surface area contributed by atoms with Gasteiger partial charge in [-0.3, -0.25) is 9.59 Å². The largest absolute Gasteiger partial charge is 0.483 e. The Hall–Kier alpha value is -2.57. The van der Waals surface area contributed by atoms with Crippen molar-refractivity contribution in [1.29, 1.82) is 0 Å². The van der Waals surface area contributed by atoms with Crippen LogP contribution in [0.5, 0.6) is 5.75 Å². The van der Waals surface area contributed by atoms with Crippen LogP contribution in [0, 0.1) is 0 Å². The first-order valence-corrected chi connectivity index (χ1v) is 11.7. The van der Waals surface area contributed by atoms with Gasteiger partial charge in [-0.25, -0.2) is 0 Å². The number of carbonyl (C=O) groups excluding carboxylic acids is 2. The van der Waals surface area contributed by atoms with E-state index >= 15 is 0 Å². The summed E-state index contributed by atoms with van der Waals surface area (Å²) in [6, 6.07) is 18.3. The zero-order chi connectivity index (χ0) is 23.1. The molecule has 0 aliphatic rings. The van der Waals surface area contributed by atoms with Gasteiger partial charge in [0.2, 0.25) is 5.91 Å². The average Bonchev–Trinajstić information content (AvgIpc) is 2.81. The molecule has 2 amide bonds. The summed E-state index contributed by atoms with van der Waals surface area (Å²) in [4.78, 5) is 27.3. The molecule has 3 aromatic carbocycles. The second-order valence-electron chi connectivity index (χ2n) is 7.47. The molecule has 0 aliphatic heterocycles. The molecule has 168 valence electrons. The summed E-state index contributed by atoms with van der Waals surface area (Å²) in [5.41, 5.74) is 0.768. The first kappa shape index (κ1) is 24.1. The summed E-state index contributed by atoms with van der Waals surface area (Å²) in [7, 11) is 0. The lowest BCUT2D eigenvalue weighted by atomic mass is 10.1. The Morgan fingerprint density at radius 2 is 1.81 bits per heavy atom. The van der Waals surface area contributed by atoms with Crippen LogP contribution in [0.1, 0.15) is 25.8 Å². The van der Waals surface area contributed by atoms with Crippen LogP contribution in [0.4, 0.5) is 0 Å². The lowest BCUT2D eigenvalue weighted by Gasteiger charge is -2.29. The predicted molar refractivity (Wildman–Crippen MR) is 132 cm³/mol. The zero-order valence-corrected chi connectivity index (χ0v) is 20.4. The highest BCUT2D eigenvalue weighted by atomic mass is 79.9. The van der Waals surface area contributed by atoms with Crippen molar-refractivity contribution < 1.29 is 14.3 Å². The molecule has 0 fully saturated rings. The molecular weight excluding hydrogens is 492 g/mol. The van der Waals surface area contributed by atoms with E-state index < -0.39 is 6.04 Å². The Morgan fingerprint density at radius 3 is 2.56 bits per heavy atom. The fourth-order valence-electron chi connectivity index (χ4n) is 3.34. The second-order valence-corrected chi connectivity index (χ2v) is 8.67. The maximum absolute atomic E-state index is 13.2. The van der Waals surface area contributed by atoms with Gasteiger partial charge in [0.15, 0.2) is 6.61 Å². The smallest absolute Gasteiger partial charge is 0.261 e. The molecule has 0 aliphatic carbocycles. The maximum Gasteiger partial charge on any atom is 0.261 e. The van der Waals surface area contributed by atoms with Crippen LogP contribution in [0.25, 0.3) is 10.8 Å². The molecule has 0 heterocycles. The number of carbonyl (C=O) groups is 2. The normalized spacial score (nSPS) is 11.8. The molecule has 0 aromatic heterocycles. The molecule has 0 spiro atoms. The molecule has 0 saturated heterocycles. The van der Waals surface area contributed by atoms with Crippen LogP contribution in [0.3, 0.4) is 0 Å². The highest BCUT2D eigenvalue weighted by molar-refractivity contribution is 9.10. The summed E-state index contributed by atoms with van der Waals surface area (Å²) in [6.07, 6.45) is 0.815. The number of amides is 2. The number of benzene rings is 3. The predicted octanol–water partition coefficient (Wildman–Crippen LogP) is 5.58. The van der Waals surface area contributed by atoms with Gasteiger partial charge in [-0.1, -0.05) is 67.1 Å². The van der Waals surface area contributed by atoms with Gasteiger partial charge in [0.25, 0.3) is 5.91 Å². The number of hydrogen-bond donors (Lipinski definition) is 1. The van der Waals surface area contributed by atoms with E-state index in [1.807, 2.05) is 61.5 Å². The average molecular weight is 518 g/mol. The van der Waals surface area contributed by atoms with Crippen molar-refractivity contribution in [2.75, 3.05) is 13.2 Å². The third-order valence-corrected chi connectivity index (χ3v) is 6.38.